The topological polar surface area (TPSA) is 86.3 Å². The molecule has 3 aromatic heterocycles. The second-order valence-electron chi connectivity index (χ2n) is 7.03. The van der Waals surface area contributed by atoms with Crippen LogP contribution in [0.1, 0.15) is 25.2 Å². The lowest BCUT2D eigenvalue weighted by molar-refractivity contribution is 0.0146. The van der Waals surface area contributed by atoms with Crippen LogP contribution in [0.3, 0.4) is 0 Å². The van der Waals surface area contributed by atoms with Crippen LogP contribution in [-0.4, -0.2) is 45.2 Å². The van der Waals surface area contributed by atoms with Crippen LogP contribution in [0.2, 0.25) is 5.15 Å². The minimum absolute atomic E-state index is 0.185. The van der Waals surface area contributed by atoms with Crippen LogP contribution in [-0.2, 0) is 11.3 Å². The van der Waals surface area contributed by atoms with E-state index in [1.165, 1.54) is 4.68 Å². The molecule has 0 radical (unpaired) electrons. The van der Waals surface area contributed by atoms with Gasteiger partial charge in [-0.25, -0.2) is 9.67 Å². The summed E-state index contributed by atoms with van der Waals surface area (Å²) in [5.74, 6) is 0.628. The fourth-order valence-electron chi connectivity index (χ4n) is 3.49. The maximum absolute atomic E-state index is 12.7. The largest absolute Gasteiger partial charge is 0.375 e. The van der Waals surface area contributed by atoms with Crippen LogP contribution in [0.15, 0.2) is 39.9 Å². The van der Waals surface area contributed by atoms with Gasteiger partial charge in [-0.3, -0.25) is 4.79 Å². The van der Waals surface area contributed by atoms with Crippen LogP contribution in [0.5, 0.6) is 0 Å². The quantitative estimate of drug-likeness (QED) is 0.572. The van der Waals surface area contributed by atoms with Gasteiger partial charge in [0.25, 0.3) is 5.56 Å². The van der Waals surface area contributed by atoms with Crippen LogP contribution < -0.4 is 10.5 Å². The third kappa shape index (κ3) is 3.77. The van der Waals surface area contributed by atoms with Crippen molar-refractivity contribution in [2.75, 3.05) is 18.1 Å². The summed E-state index contributed by atoms with van der Waals surface area (Å²) in [6.45, 7) is 7.58. The first-order chi connectivity index (χ1) is 14.0. The number of rotatable bonds is 6. The van der Waals surface area contributed by atoms with Gasteiger partial charge in [0.2, 0.25) is 0 Å². The maximum atomic E-state index is 12.7. The molecule has 0 spiro atoms. The predicted molar refractivity (Wildman–Crippen MR) is 109 cm³/mol. The van der Waals surface area contributed by atoms with E-state index in [1.54, 1.807) is 24.5 Å². The summed E-state index contributed by atoms with van der Waals surface area (Å²) in [4.78, 5) is 18.9. The molecule has 29 heavy (non-hydrogen) atoms. The molecule has 0 aliphatic carbocycles. The van der Waals surface area contributed by atoms with E-state index < -0.39 is 0 Å². The van der Waals surface area contributed by atoms with Crippen molar-refractivity contribution in [2.24, 2.45) is 0 Å². The Labute approximate surface area is 173 Å². The molecule has 152 valence electrons. The van der Waals surface area contributed by atoms with Crippen molar-refractivity contribution in [3.05, 3.63) is 57.4 Å². The van der Waals surface area contributed by atoms with Crippen LogP contribution in [0, 0.1) is 6.92 Å². The number of nitrogens with zero attached hydrogens (tertiary/aromatic N) is 5. The average molecular weight is 416 g/mol. The highest BCUT2D eigenvalue weighted by Gasteiger charge is 2.36. The van der Waals surface area contributed by atoms with Crippen molar-refractivity contribution < 1.29 is 9.26 Å². The first-order valence-corrected chi connectivity index (χ1v) is 9.88. The predicted octanol–water partition coefficient (Wildman–Crippen LogP) is 2.92. The van der Waals surface area contributed by atoms with Crippen molar-refractivity contribution >= 4 is 17.3 Å². The fourth-order valence-corrected chi connectivity index (χ4v) is 3.60. The number of hydrogen-bond donors (Lipinski definition) is 0. The second-order valence-corrected chi connectivity index (χ2v) is 7.42. The standard InChI is InChI=1S/C20H22ClN5O3/c1-4-28-17-11-25(12(17)2)15-7-19(27)26(23-9-15)10-16-13(3)29-24-20(16)14-5-6-18(21)22-8-14/h5-9,12,17H,4,10-11H2,1-3H3/t12-,17-/m1/s1. The summed E-state index contributed by atoms with van der Waals surface area (Å²) in [5, 5.41) is 8.89. The normalized spacial score (nSPS) is 18.7. The van der Waals surface area contributed by atoms with Crippen LogP contribution in [0.25, 0.3) is 11.3 Å². The van der Waals surface area contributed by atoms with Gasteiger partial charge in [0.15, 0.2) is 0 Å². The molecule has 1 aliphatic heterocycles. The summed E-state index contributed by atoms with van der Waals surface area (Å²) in [7, 11) is 0. The maximum Gasteiger partial charge on any atom is 0.269 e. The zero-order chi connectivity index (χ0) is 20.5. The van der Waals surface area contributed by atoms with Crippen LogP contribution >= 0.6 is 11.6 Å². The molecule has 8 nitrogen and oxygen atoms in total. The Morgan fingerprint density at radius 1 is 1.34 bits per heavy atom. The number of hydrogen-bond acceptors (Lipinski definition) is 7. The van der Waals surface area contributed by atoms with Gasteiger partial charge in [0.1, 0.15) is 16.6 Å². The minimum atomic E-state index is -0.185. The van der Waals surface area contributed by atoms with E-state index in [0.717, 1.165) is 23.4 Å². The monoisotopic (exact) mass is 415 g/mol. The summed E-state index contributed by atoms with van der Waals surface area (Å²) < 4.78 is 12.4. The molecule has 1 saturated heterocycles. The molecule has 0 N–H and O–H groups in total. The summed E-state index contributed by atoms with van der Waals surface area (Å²) in [5.41, 5.74) is 2.79. The SMILES string of the molecule is CCO[C@@H]1CN(c2cnn(Cc3c(-c4ccc(Cl)nc4)noc3C)c(=O)c2)[C@@H]1C. The molecule has 2 atom stereocenters. The van der Waals surface area contributed by atoms with Gasteiger partial charge in [-0.2, -0.15) is 5.10 Å². The molecule has 0 bridgehead atoms. The van der Waals surface area contributed by atoms with E-state index in [0.29, 0.717) is 23.2 Å². The lowest BCUT2D eigenvalue weighted by Gasteiger charge is -2.47. The Morgan fingerprint density at radius 3 is 2.83 bits per heavy atom. The minimum Gasteiger partial charge on any atom is -0.375 e. The molecular weight excluding hydrogens is 394 g/mol. The number of aromatic nitrogens is 4. The molecule has 0 aromatic carbocycles. The lowest BCUT2D eigenvalue weighted by Crippen LogP contribution is -2.60. The molecule has 3 aromatic rings. The molecule has 0 saturated carbocycles. The molecule has 1 fully saturated rings. The number of pyridine rings is 1. The molecule has 0 unspecified atom stereocenters. The van der Waals surface area contributed by atoms with Gasteiger partial charge in [-0.15, -0.1) is 0 Å². The molecule has 4 rings (SSSR count). The Bertz CT molecular complexity index is 1060. The first-order valence-electron chi connectivity index (χ1n) is 9.50. The van der Waals surface area contributed by atoms with Gasteiger partial charge in [-0.1, -0.05) is 16.8 Å². The summed E-state index contributed by atoms with van der Waals surface area (Å²) in [6.07, 6.45) is 3.53. The van der Waals surface area contributed by atoms with Crippen molar-refractivity contribution in [2.45, 2.75) is 39.5 Å². The van der Waals surface area contributed by atoms with E-state index in [-0.39, 0.29) is 24.2 Å². The van der Waals surface area contributed by atoms with Crippen molar-refractivity contribution in [3.8, 4) is 11.3 Å². The number of ether oxygens (including phenoxy) is 1. The highest BCUT2D eigenvalue weighted by molar-refractivity contribution is 6.29. The molecular formula is C20H22ClN5O3. The summed E-state index contributed by atoms with van der Waals surface area (Å²) >= 11 is 5.87. The van der Waals surface area contributed by atoms with Gasteiger partial charge >= 0.3 is 0 Å². The van der Waals surface area contributed by atoms with Gasteiger partial charge in [0, 0.05) is 36.5 Å². The zero-order valence-corrected chi connectivity index (χ0v) is 17.3. The van der Waals surface area contributed by atoms with Crippen molar-refractivity contribution in [1.82, 2.24) is 19.9 Å². The van der Waals surface area contributed by atoms with Gasteiger partial charge in [0.05, 0.1) is 30.6 Å². The van der Waals surface area contributed by atoms with E-state index in [2.05, 4.69) is 27.1 Å². The molecule has 9 heteroatoms. The number of anilines is 1. The van der Waals surface area contributed by atoms with Crippen molar-refractivity contribution in [3.63, 3.8) is 0 Å². The Morgan fingerprint density at radius 2 is 2.17 bits per heavy atom. The van der Waals surface area contributed by atoms with E-state index in [1.807, 2.05) is 19.9 Å². The molecule has 4 heterocycles. The molecule has 1 aliphatic rings. The summed E-state index contributed by atoms with van der Waals surface area (Å²) in [6, 6.07) is 5.33. The Kier molecular flexibility index (Phi) is 5.38. The van der Waals surface area contributed by atoms with Crippen LogP contribution in [0.4, 0.5) is 5.69 Å². The number of aryl methyl sites for hydroxylation is 1. The van der Waals surface area contributed by atoms with E-state index in [9.17, 15) is 4.79 Å². The van der Waals surface area contributed by atoms with Gasteiger partial charge in [-0.05, 0) is 32.9 Å². The van der Waals surface area contributed by atoms with Gasteiger partial charge < -0.3 is 14.2 Å². The average Bonchev–Trinajstić information content (AvgIpc) is 3.07. The van der Waals surface area contributed by atoms with E-state index >= 15 is 0 Å². The second kappa shape index (κ2) is 7.96. The highest BCUT2D eigenvalue weighted by Crippen LogP contribution is 2.28. The fraction of sp³-hybridized carbons (Fsp3) is 0.400. The Hall–Kier alpha value is -2.71. The number of halogens is 1. The van der Waals surface area contributed by atoms with E-state index in [4.69, 9.17) is 20.9 Å². The third-order valence-electron chi connectivity index (χ3n) is 5.27. The first kappa shape index (κ1) is 19.6. The Balaban J connectivity index is 1.56. The highest BCUT2D eigenvalue weighted by atomic mass is 35.5. The third-order valence-corrected chi connectivity index (χ3v) is 5.49. The zero-order valence-electron chi connectivity index (χ0n) is 16.5. The molecule has 0 amide bonds. The lowest BCUT2D eigenvalue weighted by atomic mass is 10.0. The smallest absolute Gasteiger partial charge is 0.269 e. The van der Waals surface area contributed by atoms with Crippen molar-refractivity contribution in [1.29, 1.82) is 0 Å².